The summed E-state index contributed by atoms with van der Waals surface area (Å²) >= 11 is 0. The molecule has 0 aromatic carbocycles. The van der Waals surface area contributed by atoms with Crippen molar-refractivity contribution in [2.45, 2.75) is 38.5 Å². The summed E-state index contributed by atoms with van der Waals surface area (Å²) in [5.41, 5.74) is 2.89. The maximum absolute atomic E-state index is 11.4. The van der Waals surface area contributed by atoms with Crippen LogP contribution in [0.15, 0.2) is 0 Å². The summed E-state index contributed by atoms with van der Waals surface area (Å²) < 4.78 is 0. The van der Waals surface area contributed by atoms with Crippen molar-refractivity contribution in [1.29, 1.82) is 0 Å². The molecule has 4 nitrogen and oxygen atoms in total. The molecular formula is C10H20N2O2. The molecule has 2 N–H and O–H groups in total. The molecule has 82 valence electrons. The molecule has 0 bridgehead atoms. The van der Waals surface area contributed by atoms with Gasteiger partial charge in [-0.25, -0.2) is 5.01 Å². The molecule has 1 heterocycles. The fraction of sp³-hybridized carbons (Fsp3) is 0.900. The van der Waals surface area contributed by atoms with E-state index in [1.54, 1.807) is 0 Å². The van der Waals surface area contributed by atoms with Crippen LogP contribution in [0.5, 0.6) is 0 Å². The fourth-order valence-electron chi connectivity index (χ4n) is 1.64. The summed E-state index contributed by atoms with van der Waals surface area (Å²) in [7, 11) is 0. The number of aliphatic hydroxyl groups excluding tert-OH is 1. The zero-order chi connectivity index (χ0) is 10.2. The average molecular weight is 200 g/mol. The molecule has 0 aromatic rings. The van der Waals surface area contributed by atoms with Crippen molar-refractivity contribution in [3.05, 3.63) is 0 Å². The maximum atomic E-state index is 11.4. The van der Waals surface area contributed by atoms with E-state index in [4.69, 9.17) is 5.11 Å². The predicted octanol–water partition coefficient (Wildman–Crippen LogP) is 0.666. The second kappa shape index (κ2) is 6.79. The van der Waals surface area contributed by atoms with Crippen LogP contribution in [0.4, 0.5) is 0 Å². The van der Waals surface area contributed by atoms with Crippen LogP contribution in [-0.4, -0.2) is 35.7 Å². The molecule has 0 unspecified atom stereocenters. The molecule has 0 aliphatic carbocycles. The van der Waals surface area contributed by atoms with E-state index >= 15 is 0 Å². The van der Waals surface area contributed by atoms with Gasteiger partial charge in [0.15, 0.2) is 0 Å². The smallest absolute Gasteiger partial charge is 0.234 e. The standard InChI is InChI=1S/C10H20N2O2/c13-9-5-2-6-10(14)11-12-7-3-1-4-8-12/h13H,1-9H2,(H,11,14). The Bertz CT molecular complexity index is 168. The lowest BCUT2D eigenvalue weighted by Crippen LogP contribution is -2.44. The Morgan fingerprint density at radius 3 is 2.57 bits per heavy atom. The molecule has 0 spiro atoms. The van der Waals surface area contributed by atoms with Crippen LogP contribution >= 0.6 is 0 Å². The third kappa shape index (κ3) is 4.58. The summed E-state index contributed by atoms with van der Waals surface area (Å²) in [4.78, 5) is 11.4. The van der Waals surface area contributed by atoms with Crippen LogP contribution in [-0.2, 0) is 4.79 Å². The lowest BCUT2D eigenvalue weighted by Gasteiger charge is -2.26. The number of piperidine rings is 1. The summed E-state index contributed by atoms with van der Waals surface area (Å²) in [6.07, 6.45) is 5.64. The molecule has 1 fully saturated rings. The van der Waals surface area contributed by atoms with Gasteiger partial charge >= 0.3 is 0 Å². The average Bonchev–Trinajstić information content (AvgIpc) is 2.20. The number of nitrogens with zero attached hydrogens (tertiary/aromatic N) is 1. The maximum Gasteiger partial charge on any atom is 0.234 e. The molecule has 0 atom stereocenters. The van der Waals surface area contributed by atoms with Crippen LogP contribution in [0.1, 0.15) is 38.5 Å². The normalized spacial score (nSPS) is 18.1. The highest BCUT2D eigenvalue weighted by atomic mass is 16.3. The number of hydrogen-bond acceptors (Lipinski definition) is 3. The molecule has 1 amide bonds. The van der Waals surface area contributed by atoms with Gasteiger partial charge in [-0.15, -0.1) is 0 Å². The molecule has 1 aliphatic rings. The second-order valence-electron chi connectivity index (χ2n) is 3.76. The van der Waals surface area contributed by atoms with Gasteiger partial charge in [-0.2, -0.15) is 0 Å². The molecule has 4 heteroatoms. The van der Waals surface area contributed by atoms with Crippen LogP contribution in [0.3, 0.4) is 0 Å². The number of unbranched alkanes of at least 4 members (excludes halogenated alkanes) is 1. The molecular weight excluding hydrogens is 180 g/mol. The number of aliphatic hydroxyl groups is 1. The van der Waals surface area contributed by atoms with E-state index in [2.05, 4.69) is 5.43 Å². The van der Waals surface area contributed by atoms with Gasteiger partial charge in [0.1, 0.15) is 0 Å². The molecule has 1 saturated heterocycles. The first-order chi connectivity index (χ1) is 6.83. The van der Waals surface area contributed by atoms with Crippen molar-refractivity contribution in [3.8, 4) is 0 Å². The minimum Gasteiger partial charge on any atom is -0.396 e. The number of nitrogens with one attached hydrogen (secondary N) is 1. The number of hydrazine groups is 1. The van der Waals surface area contributed by atoms with Crippen molar-refractivity contribution in [2.75, 3.05) is 19.7 Å². The van der Waals surface area contributed by atoms with Gasteiger partial charge in [0.05, 0.1) is 0 Å². The first-order valence-electron chi connectivity index (χ1n) is 5.48. The van der Waals surface area contributed by atoms with Gasteiger partial charge in [-0.3, -0.25) is 10.2 Å². The van der Waals surface area contributed by atoms with Gasteiger partial charge in [0.25, 0.3) is 0 Å². The Balaban J connectivity index is 2.06. The molecule has 14 heavy (non-hydrogen) atoms. The zero-order valence-corrected chi connectivity index (χ0v) is 8.67. The number of carbonyl (C=O) groups is 1. The molecule has 0 radical (unpaired) electrons. The van der Waals surface area contributed by atoms with E-state index in [0.717, 1.165) is 19.5 Å². The Kier molecular flexibility index (Phi) is 5.56. The largest absolute Gasteiger partial charge is 0.396 e. The van der Waals surface area contributed by atoms with Gasteiger partial charge in [0.2, 0.25) is 5.91 Å². The fourth-order valence-corrected chi connectivity index (χ4v) is 1.64. The van der Waals surface area contributed by atoms with E-state index in [1.165, 1.54) is 19.3 Å². The van der Waals surface area contributed by atoms with E-state index < -0.39 is 0 Å². The third-order valence-corrected chi connectivity index (χ3v) is 2.45. The van der Waals surface area contributed by atoms with E-state index in [1.807, 2.05) is 5.01 Å². The number of hydrogen-bond donors (Lipinski definition) is 2. The minimum atomic E-state index is 0.0837. The highest BCUT2D eigenvalue weighted by molar-refractivity contribution is 5.75. The summed E-state index contributed by atoms with van der Waals surface area (Å²) in [5, 5.41) is 10.6. The monoisotopic (exact) mass is 200 g/mol. The van der Waals surface area contributed by atoms with Gasteiger partial charge in [-0.05, 0) is 25.7 Å². The molecule has 0 aromatic heterocycles. The quantitative estimate of drug-likeness (QED) is 0.641. The van der Waals surface area contributed by atoms with Gasteiger partial charge < -0.3 is 5.11 Å². The van der Waals surface area contributed by atoms with Crippen molar-refractivity contribution < 1.29 is 9.90 Å². The Labute approximate surface area is 85.3 Å². The Morgan fingerprint density at radius 2 is 1.93 bits per heavy atom. The Morgan fingerprint density at radius 1 is 1.21 bits per heavy atom. The SMILES string of the molecule is O=C(CCCCO)NN1CCCCC1. The van der Waals surface area contributed by atoms with Crippen LogP contribution < -0.4 is 5.43 Å². The van der Waals surface area contributed by atoms with E-state index in [9.17, 15) is 4.79 Å². The van der Waals surface area contributed by atoms with Crippen molar-refractivity contribution in [2.24, 2.45) is 0 Å². The number of amides is 1. The molecule has 0 saturated carbocycles. The summed E-state index contributed by atoms with van der Waals surface area (Å²) in [6.45, 7) is 2.13. The van der Waals surface area contributed by atoms with Crippen LogP contribution in [0, 0.1) is 0 Å². The van der Waals surface area contributed by atoms with Crippen LogP contribution in [0.2, 0.25) is 0 Å². The predicted molar refractivity (Wildman–Crippen MR) is 54.5 cm³/mol. The summed E-state index contributed by atoms with van der Waals surface area (Å²) in [6, 6.07) is 0. The second-order valence-corrected chi connectivity index (χ2v) is 3.76. The summed E-state index contributed by atoms with van der Waals surface area (Å²) in [5.74, 6) is 0.0837. The number of carbonyl (C=O) groups excluding carboxylic acids is 1. The topological polar surface area (TPSA) is 52.6 Å². The highest BCUT2D eigenvalue weighted by Crippen LogP contribution is 2.06. The zero-order valence-electron chi connectivity index (χ0n) is 8.67. The van der Waals surface area contributed by atoms with E-state index in [-0.39, 0.29) is 12.5 Å². The molecule has 1 rings (SSSR count). The first kappa shape index (κ1) is 11.5. The first-order valence-corrected chi connectivity index (χ1v) is 5.48. The van der Waals surface area contributed by atoms with Crippen molar-refractivity contribution in [1.82, 2.24) is 10.4 Å². The highest BCUT2D eigenvalue weighted by Gasteiger charge is 2.11. The van der Waals surface area contributed by atoms with Crippen molar-refractivity contribution in [3.63, 3.8) is 0 Å². The Hall–Kier alpha value is -0.610. The van der Waals surface area contributed by atoms with Gasteiger partial charge in [0, 0.05) is 26.1 Å². The third-order valence-electron chi connectivity index (χ3n) is 2.45. The lowest BCUT2D eigenvalue weighted by molar-refractivity contribution is -0.126. The van der Waals surface area contributed by atoms with Gasteiger partial charge in [-0.1, -0.05) is 6.42 Å². The van der Waals surface area contributed by atoms with Crippen LogP contribution in [0.25, 0.3) is 0 Å². The minimum absolute atomic E-state index is 0.0837. The van der Waals surface area contributed by atoms with Crippen molar-refractivity contribution >= 4 is 5.91 Å². The van der Waals surface area contributed by atoms with E-state index in [0.29, 0.717) is 12.8 Å². The number of rotatable bonds is 5. The lowest BCUT2D eigenvalue weighted by atomic mass is 10.2. The molecule has 1 aliphatic heterocycles.